The molecule has 2 amide bonds. The number of hydrogen-bond donors (Lipinski definition) is 1. The van der Waals surface area contributed by atoms with Gasteiger partial charge in [0, 0.05) is 18.3 Å². The standard InChI is InChI=1S/C32H30FN5O2/c1-3-28-27-21-37(32(39)34-20-22-9-7-12-26(19-22)40-2)30(23-14-16-24(33)17-15-23)29-13-8-18-36(29)31(27)38(35-28)25-10-5-4-6-11-25/h4-19,30H,3,20-21H2,1-2H3,(H,34,39)/t30-/m0/s1. The van der Waals surface area contributed by atoms with Crippen LogP contribution in [0.2, 0.25) is 0 Å². The lowest BCUT2D eigenvalue weighted by atomic mass is 10.0. The molecule has 40 heavy (non-hydrogen) atoms. The Labute approximate surface area is 232 Å². The maximum atomic E-state index is 14.0. The molecular weight excluding hydrogens is 505 g/mol. The Morgan fingerprint density at radius 1 is 1.02 bits per heavy atom. The normalized spacial score (nSPS) is 14.3. The fourth-order valence-corrected chi connectivity index (χ4v) is 5.41. The molecule has 0 fully saturated rings. The predicted molar refractivity (Wildman–Crippen MR) is 151 cm³/mol. The Bertz CT molecular complexity index is 1640. The van der Waals surface area contributed by atoms with Crippen LogP contribution in [0.4, 0.5) is 9.18 Å². The minimum atomic E-state index is -0.456. The molecule has 202 valence electrons. The molecule has 0 aliphatic carbocycles. The van der Waals surface area contributed by atoms with Crippen molar-refractivity contribution in [2.75, 3.05) is 7.11 Å². The molecule has 0 radical (unpaired) electrons. The summed E-state index contributed by atoms with van der Waals surface area (Å²) >= 11 is 0. The fourth-order valence-electron chi connectivity index (χ4n) is 5.41. The number of aromatic nitrogens is 3. The summed E-state index contributed by atoms with van der Waals surface area (Å²) in [5, 5.41) is 8.10. The average Bonchev–Trinajstić information content (AvgIpc) is 3.58. The van der Waals surface area contributed by atoms with Crippen molar-refractivity contribution in [2.45, 2.75) is 32.5 Å². The number of hydrogen-bond acceptors (Lipinski definition) is 3. The van der Waals surface area contributed by atoms with Crippen molar-refractivity contribution in [3.63, 3.8) is 0 Å². The van der Waals surface area contributed by atoms with Crippen molar-refractivity contribution < 1.29 is 13.9 Å². The first-order valence-corrected chi connectivity index (χ1v) is 13.3. The summed E-state index contributed by atoms with van der Waals surface area (Å²) in [6.45, 7) is 2.74. The van der Waals surface area contributed by atoms with E-state index in [2.05, 4.69) is 16.8 Å². The van der Waals surface area contributed by atoms with E-state index in [-0.39, 0.29) is 11.8 Å². The second-order valence-corrected chi connectivity index (χ2v) is 9.75. The molecule has 3 aromatic carbocycles. The van der Waals surface area contributed by atoms with E-state index in [4.69, 9.17) is 9.84 Å². The molecule has 1 atom stereocenters. The van der Waals surface area contributed by atoms with Crippen LogP contribution >= 0.6 is 0 Å². The second kappa shape index (κ2) is 10.7. The maximum absolute atomic E-state index is 14.0. The summed E-state index contributed by atoms with van der Waals surface area (Å²) in [7, 11) is 1.62. The van der Waals surface area contributed by atoms with E-state index in [1.165, 1.54) is 12.1 Å². The van der Waals surface area contributed by atoms with Crippen LogP contribution in [0.5, 0.6) is 5.75 Å². The van der Waals surface area contributed by atoms with Gasteiger partial charge < -0.3 is 19.5 Å². The third kappa shape index (κ3) is 4.62. The number of halogens is 1. The molecule has 0 spiro atoms. The van der Waals surface area contributed by atoms with Gasteiger partial charge in [0.15, 0.2) is 0 Å². The zero-order chi connectivity index (χ0) is 27.6. The molecule has 0 saturated heterocycles. The third-order valence-corrected chi connectivity index (χ3v) is 7.33. The smallest absolute Gasteiger partial charge is 0.318 e. The number of carbonyl (C=O) groups is 1. The molecule has 0 saturated carbocycles. The Kier molecular flexibility index (Phi) is 6.82. The van der Waals surface area contributed by atoms with E-state index in [9.17, 15) is 9.18 Å². The van der Waals surface area contributed by atoms with Crippen molar-refractivity contribution in [2.24, 2.45) is 0 Å². The van der Waals surface area contributed by atoms with Gasteiger partial charge in [0.05, 0.1) is 36.8 Å². The number of carbonyl (C=O) groups excluding carboxylic acids is 1. The van der Waals surface area contributed by atoms with Gasteiger partial charge >= 0.3 is 6.03 Å². The number of nitrogens with one attached hydrogen (secondary N) is 1. The van der Waals surface area contributed by atoms with E-state index in [0.29, 0.717) is 19.5 Å². The molecule has 1 aliphatic rings. The SMILES string of the molecule is CCc1nn(-c2ccccc2)c2c1CN(C(=O)NCc1cccc(OC)c1)[C@@H](c1ccc(F)cc1)c1cccn1-2. The quantitative estimate of drug-likeness (QED) is 0.282. The van der Waals surface area contributed by atoms with Gasteiger partial charge in [-0.15, -0.1) is 0 Å². The minimum Gasteiger partial charge on any atom is -0.497 e. The molecule has 5 aromatic rings. The van der Waals surface area contributed by atoms with Gasteiger partial charge in [-0.1, -0.05) is 49.4 Å². The Balaban J connectivity index is 1.47. The summed E-state index contributed by atoms with van der Waals surface area (Å²) in [5.74, 6) is 1.31. The molecule has 8 heteroatoms. The van der Waals surface area contributed by atoms with Gasteiger partial charge in [0.2, 0.25) is 0 Å². The van der Waals surface area contributed by atoms with Crippen molar-refractivity contribution in [3.8, 4) is 17.3 Å². The molecular formula is C32H30FN5O2. The molecule has 2 aromatic heterocycles. The summed E-state index contributed by atoms with van der Waals surface area (Å²) in [6, 6.07) is 27.3. The van der Waals surface area contributed by atoms with Crippen LogP contribution in [0.25, 0.3) is 11.5 Å². The van der Waals surface area contributed by atoms with Gasteiger partial charge in [0.25, 0.3) is 0 Å². The van der Waals surface area contributed by atoms with Gasteiger partial charge in [-0.25, -0.2) is 13.9 Å². The monoisotopic (exact) mass is 535 g/mol. The van der Waals surface area contributed by atoms with Crippen LogP contribution in [-0.4, -0.2) is 32.4 Å². The number of rotatable bonds is 6. The maximum Gasteiger partial charge on any atom is 0.318 e. The Morgan fingerprint density at radius 3 is 2.58 bits per heavy atom. The number of benzene rings is 3. The van der Waals surface area contributed by atoms with E-state index in [0.717, 1.165) is 45.3 Å². The van der Waals surface area contributed by atoms with Gasteiger partial charge in [-0.3, -0.25) is 0 Å². The van der Waals surface area contributed by atoms with Crippen LogP contribution in [0.1, 0.15) is 41.0 Å². The van der Waals surface area contributed by atoms with E-state index >= 15 is 0 Å². The summed E-state index contributed by atoms with van der Waals surface area (Å²) in [5.41, 5.74) is 5.47. The topological polar surface area (TPSA) is 64.3 Å². The Hall–Kier alpha value is -4.85. The first-order chi connectivity index (χ1) is 19.6. The van der Waals surface area contributed by atoms with Crippen LogP contribution in [0.3, 0.4) is 0 Å². The van der Waals surface area contributed by atoms with Crippen LogP contribution in [0.15, 0.2) is 97.2 Å². The van der Waals surface area contributed by atoms with E-state index in [1.54, 1.807) is 19.2 Å². The number of aryl methyl sites for hydroxylation is 1. The largest absolute Gasteiger partial charge is 0.497 e. The van der Waals surface area contributed by atoms with Crippen LogP contribution < -0.4 is 10.1 Å². The summed E-state index contributed by atoms with van der Waals surface area (Å²) in [4.78, 5) is 15.8. The molecule has 0 bridgehead atoms. The highest BCUT2D eigenvalue weighted by atomic mass is 19.1. The lowest BCUT2D eigenvalue weighted by Crippen LogP contribution is -2.41. The Morgan fingerprint density at radius 2 is 1.82 bits per heavy atom. The van der Waals surface area contributed by atoms with Crippen molar-refractivity contribution in [1.82, 2.24) is 24.6 Å². The fraction of sp³-hybridized carbons (Fsp3) is 0.188. The lowest BCUT2D eigenvalue weighted by Gasteiger charge is -2.31. The molecule has 1 N–H and O–H groups in total. The number of urea groups is 1. The first kappa shape index (κ1) is 25.4. The zero-order valence-corrected chi connectivity index (χ0v) is 22.4. The second-order valence-electron chi connectivity index (χ2n) is 9.75. The van der Waals surface area contributed by atoms with Crippen LogP contribution in [0, 0.1) is 5.82 Å². The van der Waals surface area contributed by atoms with Crippen LogP contribution in [-0.2, 0) is 19.5 Å². The van der Waals surface area contributed by atoms with Gasteiger partial charge in [-0.05, 0) is 66.1 Å². The number of amides is 2. The molecule has 7 nitrogen and oxygen atoms in total. The summed E-state index contributed by atoms with van der Waals surface area (Å²) in [6.07, 6.45) is 2.71. The first-order valence-electron chi connectivity index (χ1n) is 13.3. The van der Waals surface area contributed by atoms with Gasteiger partial charge in [0.1, 0.15) is 17.4 Å². The number of ether oxygens (including phenoxy) is 1. The van der Waals surface area contributed by atoms with Crippen molar-refractivity contribution in [3.05, 3.63) is 131 Å². The van der Waals surface area contributed by atoms with E-state index in [1.807, 2.05) is 82.5 Å². The number of fused-ring (bicyclic) bond motifs is 3. The molecule has 0 unspecified atom stereocenters. The summed E-state index contributed by atoms with van der Waals surface area (Å²) < 4.78 is 23.4. The number of methoxy groups -OCH3 is 1. The number of nitrogens with zero attached hydrogens (tertiary/aromatic N) is 4. The molecule has 3 heterocycles. The van der Waals surface area contributed by atoms with Gasteiger partial charge in [-0.2, -0.15) is 5.10 Å². The highest BCUT2D eigenvalue weighted by Crippen LogP contribution is 2.38. The number of para-hydroxylation sites is 1. The lowest BCUT2D eigenvalue weighted by molar-refractivity contribution is 0.180. The zero-order valence-electron chi connectivity index (χ0n) is 22.4. The van der Waals surface area contributed by atoms with E-state index < -0.39 is 6.04 Å². The highest BCUT2D eigenvalue weighted by Gasteiger charge is 2.36. The van der Waals surface area contributed by atoms with Crippen molar-refractivity contribution in [1.29, 1.82) is 0 Å². The van der Waals surface area contributed by atoms with Crippen molar-refractivity contribution >= 4 is 6.03 Å². The third-order valence-electron chi connectivity index (χ3n) is 7.33. The minimum absolute atomic E-state index is 0.229. The molecule has 1 aliphatic heterocycles. The average molecular weight is 536 g/mol. The highest BCUT2D eigenvalue weighted by molar-refractivity contribution is 5.76. The molecule has 6 rings (SSSR count). The predicted octanol–water partition coefficient (Wildman–Crippen LogP) is 6.19.